The van der Waals surface area contributed by atoms with E-state index in [1.807, 2.05) is 36.5 Å². The highest BCUT2D eigenvalue weighted by molar-refractivity contribution is 6.31. The van der Waals surface area contributed by atoms with Gasteiger partial charge in [0.15, 0.2) is 0 Å². The Balaban J connectivity index is 1.92. The Hall–Kier alpha value is -1.77. The second-order valence-electron chi connectivity index (χ2n) is 7.11. The summed E-state index contributed by atoms with van der Waals surface area (Å²) in [5.74, 6) is 1.64. The molecule has 0 amide bonds. The normalized spacial score (nSPS) is 15.3. The van der Waals surface area contributed by atoms with E-state index >= 15 is 0 Å². The van der Waals surface area contributed by atoms with Gasteiger partial charge in [0.05, 0.1) is 17.6 Å². The van der Waals surface area contributed by atoms with Crippen LogP contribution < -0.4 is 0 Å². The Morgan fingerprint density at radius 2 is 1.73 bits per heavy atom. The van der Waals surface area contributed by atoms with Crippen molar-refractivity contribution in [3.63, 3.8) is 0 Å². The van der Waals surface area contributed by atoms with E-state index in [2.05, 4.69) is 23.6 Å². The van der Waals surface area contributed by atoms with Gasteiger partial charge in [0.25, 0.3) is 0 Å². The molecule has 0 bridgehead atoms. The van der Waals surface area contributed by atoms with Crippen LogP contribution in [0.1, 0.15) is 49.4 Å². The van der Waals surface area contributed by atoms with Gasteiger partial charge in [-0.15, -0.1) is 0 Å². The molecule has 0 spiro atoms. The van der Waals surface area contributed by atoms with Gasteiger partial charge in [-0.3, -0.25) is 4.57 Å². The lowest BCUT2D eigenvalue weighted by molar-refractivity contribution is 0.426. The van der Waals surface area contributed by atoms with E-state index in [0.717, 1.165) is 32.8 Å². The molecule has 1 aliphatic carbocycles. The monoisotopic (exact) mass is 384 g/mol. The summed E-state index contributed by atoms with van der Waals surface area (Å²) in [6, 6.07) is 14.0. The van der Waals surface area contributed by atoms with Crippen molar-refractivity contribution in [2.24, 2.45) is 0 Å². The Morgan fingerprint density at radius 3 is 2.50 bits per heavy atom. The number of aromatic nitrogens is 2. The van der Waals surface area contributed by atoms with Crippen LogP contribution in [0, 0.1) is 6.92 Å². The number of benzene rings is 2. The van der Waals surface area contributed by atoms with Crippen LogP contribution in [0.25, 0.3) is 16.9 Å². The third kappa shape index (κ3) is 3.41. The summed E-state index contributed by atoms with van der Waals surface area (Å²) >= 11 is 12.6. The van der Waals surface area contributed by atoms with Gasteiger partial charge >= 0.3 is 0 Å². The molecule has 1 aromatic heterocycles. The van der Waals surface area contributed by atoms with Crippen LogP contribution in [0.3, 0.4) is 0 Å². The second kappa shape index (κ2) is 7.46. The van der Waals surface area contributed by atoms with Crippen molar-refractivity contribution in [3.05, 3.63) is 70.1 Å². The number of nitrogens with zero attached hydrogens (tertiary/aromatic N) is 2. The number of aryl methyl sites for hydroxylation is 1. The number of rotatable bonds is 3. The Labute approximate surface area is 164 Å². The molecule has 134 valence electrons. The summed E-state index contributed by atoms with van der Waals surface area (Å²) in [5, 5.41) is 1.48. The van der Waals surface area contributed by atoms with Crippen LogP contribution in [0.2, 0.25) is 10.0 Å². The van der Waals surface area contributed by atoms with Gasteiger partial charge in [0.2, 0.25) is 0 Å². The summed E-state index contributed by atoms with van der Waals surface area (Å²) < 4.78 is 2.29. The van der Waals surface area contributed by atoms with Gasteiger partial charge in [0.1, 0.15) is 5.82 Å². The standard InChI is InChI=1S/C22H22Cl2N2/c1-15-10-11-19(24)13-20(15)26-21(17-8-5-9-18(23)12-17)14-25-22(26)16-6-3-2-4-7-16/h5,8-14,16H,2-4,6-7H2,1H3. The molecular formula is C22H22Cl2N2. The van der Waals surface area contributed by atoms with E-state index in [9.17, 15) is 0 Å². The van der Waals surface area contributed by atoms with E-state index in [-0.39, 0.29) is 0 Å². The van der Waals surface area contributed by atoms with Crippen LogP contribution in [0.15, 0.2) is 48.7 Å². The third-order valence-corrected chi connectivity index (χ3v) is 5.76. The van der Waals surface area contributed by atoms with Crippen molar-refractivity contribution in [1.29, 1.82) is 0 Å². The SMILES string of the molecule is Cc1ccc(Cl)cc1-n1c(-c2cccc(Cl)c2)cnc1C1CCCCC1. The quantitative estimate of drug-likeness (QED) is 0.466. The van der Waals surface area contributed by atoms with Crippen LogP contribution in [-0.2, 0) is 0 Å². The van der Waals surface area contributed by atoms with Crippen molar-refractivity contribution in [2.45, 2.75) is 44.9 Å². The lowest BCUT2D eigenvalue weighted by Gasteiger charge is -2.24. The molecular weight excluding hydrogens is 363 g/mol. The van der Waals surface area contributed by atoms with E-state index < -0.39 is 0 Å². The number of halogens is 2. The summed E-state index contributed by atoms with van der Waals surface area (Å²) in [6.07, 6.45) is 8.26. The molecule has 4 heteroatoms. The molecule has 0 radical (unpaired) electrons. The molecule has 0 N–H and O–H groups in total. The van der Waals surface area contributed by atoms with Gasteiger partial charge < -0.3 is 0 Å². The average Bonchev–Trinajstić information content (AvgIpc) is 3.09. The zero-order chi connectivity index (χ0) is 18.1. The summed E-state index contributed by atoms with van der Waals surface area (Å²) in [7, 11) is 0. The van der Waals surface area contributed by atoms with Gasteiger partial charge in [-0.05, 0) is 49.6 Å². The van der Waals surface area contributed by atoms with E-state index in [4.69, 9.17) is 28.2 Å². The van der Waals surface area contributed by atoms with E-state index in [1.165, 1.54) is 37.7 Å². The minimum Gasteiger partial charge on any atom is -0.296 e. The first-order chi connectivity index (χ1) is 12.6. The minimum atomic E-state index is 0.495. The predicted octanol–water partition coefficient (Wildman–Crippen LogP) is 7.20. The zero-order valence-corrected chi connectivity index (χ0v) is 16.4. The van der Waals surface area contributed by atoms with Crippen LogP contribution >= 0.6 is 23.2 Å². The lowest BCUT2D eigenvalue weighted by Crippen LogP contribution is -2.12. The maximum absolute atomic E-state index is 6.34. The first kappa shape index (κ1) is 17.6. The highest BCUT2D eigenvalue weighted by Crippen LogP contribution is 2.37. The molecule has 26 heavy (non-hydrogen) atoms. The molecule has 2 aromatic carbocycles. The summed E-state index contributed by atoms with van der Waals surface area (Å²) in [5.41, 5.74) is 4.43. The minimum absolute atomic E-state index is 0.495. The molecule has 0 unspecified atom stereocenters. The maximum Gasteiger partial charge on any atom is 0.116 e. The molecule has 3 aromatic rings. The Kier molecular flexibility index (Phi) is 5.06. The lowest BCUT2D eigenvalue weighted by atomic mass is 9.88. The van der Waals surface area contributed by atoms with Gasteiger partial charge in [-0.1, -0.05) is 60.7 Å². The fourth-order valence-electron chi connectivity index (χ4n) is 3.94. The first-order valence-corrected chi connectivity index (χ1v) is 9.99. The van der Waals surface area contributed by atoms with Gasteiger partial charge in [-0.25, -0.2) is 4.98 Å². The fourth-order valence-corrected chi connectivity index (χ4v) is 4.30. The fraction of sp³-hybridized carbons (Fsp3) is 0.318. The number of imidazole rings is 1. The van der Waals surface area contributed by atoms with Crippen LogP contribution in [0.4, 0.5) is 0 Å². The van der Waals surface area contributed by atoms with E-state index in [0.29, 0.717) is 5.92 Å². The highest BCUT2D eigenvalue weighted by Gasteiger charge is 2.24. The second-order valence-corrected chi connectivity index (χ2v) is 7.99. The molecule has 0 atom stereocenters. The topological polar surface area (TPSA) is 17.8 Å². The van der Waals surface area contributed by atoms with Crippen LogP contribution in [-0.4, -0.2) is 9.55 Å². The largest absolute Gasteiger partial charge is 0.296 e. The molecule has 4 rings (SSSR count). The Bertz CT molecular complexity index is 924. The van der Waals surface area contributed by atoms with Gasteiger partial charge in [0, 0.05) is 21.5 Å². The van der Waals surface area contributed by atoms with Crippen molar-refractivity contribution >= 4 is 23.2 Å². The van der Waals surface area contributed by atoms with E-state index in [1.54, 1.807) is 0 Å². The molecule has 2 nitrogen and oxygen atoms in total. The average molecular weight is 385 g/mol. The molecule has 1 fully saturated rings. The number of hydrogen-bond acceptors (Lipinski definition) is 1. The zero-order valence-electron chi connectivity index (χ0n) is 14.9. The van der Waals surface area contributed by atoms with Crippen molar-refractivity contribution < 1.29 is 0 Å². The summed E-state index contributed by atoms with van der Waals surface area (Å²) in [6.45, 7) is 2.12. The molecule has 0 aliphatic heterocycles. The van der Waals surface area contributed by atoms with Crippen molar-refractivity contribution in [1.82, 2.24) is 9.55 Å². The molecule has 1 aliphatic rings. The number of hydrogen-bond donors (Lipinski definition) is 0. The predicted molar refractivity (Wildman–Crippen MR) is 110 cm³/mol. The Morgan fingerprint density at radius 1 is 0.962 bits per heavy atom. The maximum atomic E-state index is 6.34. The van der Waals surface area contributed by atoms with Crippen molar-refractivity contribution in [2.75, 3.05) is 0 Å². The molecule has 1 heterocycles. The van der Waals surface area contributed by atoms with Crippen molar-refractivity contribution in [3.8, 4) is 16.9 Å². The third-order valence-electron chi connectivity index (χ3n) is 5.29. The van der Waals surface area contributed by atoms with Gasteiger partial charge in [-0.2, -0.15) is 0 Å². The summed E-state index contributed by atoms with van der Waals surface area (Å²) in [4.78, 5) is 4.87. The highest BCUT2D eigenvalue weighted by atomic mass is 35.5. The first-order valence-electron chi connectivity index (χ1n) is 9.23. The van der Waals surface area contributed by atoms with Crippen LogP contribution in [0.5, 0.6) is 0 Å². The molecule has 0 saturated heterocycles. The molecule has 1 saturated carbocycles. The smallest absolute Gasteiger partial charge is 0.116 e.